The quantitative estimate of drug-likeness (QED) is 0.610. The first-order valence-electron chi connectivity index (χ1n) is 7.69. The van der Waals surface area contributed by atoms with E-state index < -0.39 is 0 Å². The normalized spacial score (nSPS) is 16.6. The molecule has 0 aromatic rings. The summed E-state index contributed by atoms with van der Waals surface area (Å²) in [6.07, 6.45) is 2.79. The van der Waals surface area contributed by atoms with Gasteiger partial charge in [0.25, 0.3) is 0 Å². The van der Waals surface area contributed by atoms with E-state index in [2.05, 4.69) is 0 Å². The van der Waals surface area contributed by atoms with Gasteiger partial charge in [-0.2, -0.15) is 0 Å². The molecule has 122 valence electrons. The molecule has 0 aromatic heterocycles. The molecule has 0 N–H and O–H groups in total. The van der Waals surface area contributed by atoms with E-state index in [1.165, 1.54) is 0 Å². The van der Waals surface area contributed by atoms with E-state index in [4.69, 9.17) is 4.74 Å². The molecule has 0 unspecified atom stereocenters. The summed E-state index contributed by atoms with van der Waals surface area (Å²) in [5.41, 5.74) is 0. The van der Waals surface area contributed by atoms with Gasteiger partial charge in [0.15, 0.2) is 0 Å². The van der Waals surface area contributed by atoms with Crippen molar-refractivity contribution in [3.05, 3.63) is 0 Å². The zero-order chi connectivity index (χ0) is 15.8. The number of likely N-dealkylation sites (tertiary alicyclic amines) is 1. The van der Waals surface area contributed by atoms with E-state index in [0.717, 1.165) is 32.3 Å². The zero-order valence-corrected chi connectivity index (χ0v) is 13.7. The van der Waals surface area contributed by atoms with Gasteiger partial charge in [-0.1, -0.05) is 0 Å². The van der Waals surface area contributed by atoms with E-state index in [-0.39, 0.29) is 18.1 Å². The van der Waals surface area contributed by atoms with Crippen molar-refractivity contribution < 1.29 is 14.3 Å². The molecule has 0 atom stereocenters. The lowest BCUT2D eigenvalue weighted by Gasteiger charge is -2.37. The van der Waals surface area contributed by atoms with Crippen LogP contribution in [-0.2, 0) is 14.3 Å². The Morgan fingerprint density at radius 3 is 2.43 bits per heavy atom. The molecular weight excluding hydrogens is 270 g/mol. The molecule has 0 saturated carbocycles. The van der Waals surface area contributed by atoms with Gasteiger partial charge >= 0.3 is 0 Å². The number of nitrogens with zero attached hydrogens (tertiary/aromatic N) is 3. The Morgan fingerprint density at radius 2 is 1.95 bits per heavy atom. The van der Waals surface area contributed by atoms with Gasteiger partial charge in [0.2, 0.25) is 12.3 Å². The summed E-state index contributed by atoms with van der Waals surface area (Å²) in [7, 11) is 3.79. The Morgan fingerprint density at radius 1 is 1.33 bits per heavy atom. The van der Waals surface area contributed by atoms with Crippen LogP contribution in [0.15, 0.2) is 0 Å². The predicted molar refractivity (Wildman–Crippen MR) is 82.0 cm³/mol. The second-order valence-electron chi connectivity index (χ2n) is 6.11. The number of rotatable bonds is 8. The summed E-state index contributed by atoms with van der Waals surface area (Å²) < 4.78 is 5.50. The van der Waals surface area contributed by atoms with E-state index in [1.807, 2.05) is 42.6 Å². The van der Waals surface area contributed by atoms with E-state index in [0.29, 0.717) is 19.7 Å². The number of hydrogen-bond acceptors (Lipinski definition) is 4. The Hall–Kier alpha value is -1.14. The summed E-state index contributed by atoms with van der Waals surface area (Å²) in [6, 6.07) is 0.224. The molecule has 1 aliphatic rings. The van der Waals surface area contributed by atoms with E-state index in [1.54, 1.807) is 0 Å². The van der Waals surface area contributed by atoms with Gasteiger partial charge in [-0.05, 0) is 40.8 Å². The van der Waals surface area contributed by atoms with Gasteiger partial charge in [0.1, 0.15) is 0 Å². The van der Waals surface area contributed by atoms with E-state index in [9.17, 15) is 9.59 Å². The summed E-state index contributed by atoms with van der Waals surface area (Å²) in [5, 5.41) is 0. The molecule has 1 heterocycles. The molecule has 6 nitrogen and oxygen atoms in total. The van der Waals surface area contributed by atoms with Gasteiger partial charge in [-0.25, -0.2) is 0 Å². The molecule has 6 heteroatoms. The van der Waals surface area contributed by atoms with Crippen molar-refractivity contribution in [1.82, 2.24) is 14.7 Å². The fourth-order valence-corrected chi connectivity index (χ4v) is 2.53. The molecule has 1 fully saturated rings. The highest BCUT2D eigenvalue weighted by Crippen LogP contribution is 2.15. The first-order valence-corrected chi connectivity index (χ1v) is 7.69. The maximum atomic E-state index is 12.0. The first kappa shape index (κ1) is 17.9. The van der Waals surface area contributed by atoms with Crippen molar-refractivity contribution in [3.8, 4) is 0 Å². The summed E-state index contributed by atoms with van der Waals surface area (Å²) in [6.45, 7) is 7.07. The SMILES string of the molecule is CC(C)OCCN(C=O)C1CCN(C(=O)CN(C)C)CC1. The molecular formula is C15H29N3O3. The highest BCUT2D eigenvalue weighted by atomic mass is 16.5. The number of hydrogen-bond donors (Lipinski definition) is 0. The van der Waals surface area contributed by atoms with Crippen LogP contribution in [0.3, 0.4) is 0 Å². The number of piperidine rings is 1. The minimum absolute atomic E-state index is 0.166. The van der Waals surface area contributed by atoms with Gasteiger partial charge in [0.05, 0.1) is 19.3 Å². The largest absolute Gasteiger partial charge is 0.377 e. The molecule has 0 bridgehead atoms. The van der Waals surface area contributed by atoms with Gasteiger partial charge < -0.3 is 19.4 Å². The summed E-state index contributed by atoms with van der Waals surface area (Å²) >= 11 is 0. The minimum Gasteiger partial charge on any atom is -0.377 e. The topological polar surface area (TPSA) is 53.1 Å². The third-order valence-corrected chi connectivity index (χ3v) is 3.67. The van der Waals surface area contributed by atoms with Gasteiger partial charge in [-0.3, -0.25) is 9.59 Å². The van der Waals surface area contributed by atoms with Crippen LogP contribution in [0.5, 0.6) is 0 Å². The van der Waals surface area contributed by atoms with Crippen molar-refractivity contribution in [1.29, 1.82) is 0 Å². The van der Waals surface area contributed by atoms with Crippen molar-refractivity contribution >= 4 is 12.3 Å². The van der Waals surface area contributed by atoms with Crippen LogP contribution in [0.1, 0.15) is 26.7 Å². The second-order valence-corrected chi connectivity index (χ2v) is 6.11. The third-order valence-electron chi connectivity index (χ3n) is 3.67. The van der Waals surface area contributed by atoms with Crippen LogP contribution >= 0.6 is 0 Å². The van der Waals surface area contributed by atoms with Crippen LogP contribution < -0.4 is 0 Å². The van der Waals surface area contributed by atoms with Crippen LogP contribution in [0.2, 0.25) is 0 Å². The van der Waals surface area contributed by atoms with Gasteiger partial charge in [0, 0.05) is 25.7 Å². The second kappa shape index (κ2) is 9.00. The number of carbonyl (C=O) groups is 2. The highest BCUT2D eigenvalue weighted by Gasteiger charge is 2.26. The van der Waals surface area contributed by atoms with Gasteiger partial charge in [-0.15, -0.1) is 0 Å². The Labute approximate surface area is 128 Å². The summed E-state index contributed by atoms with van der Waals surface area (Å²) in [4.78, 5) is 28.8. The van der Waals surface area contributed by atoms with Crippen LogP contribution in [0.25, 0.3) is 0 Å². The van der Waals surface area contributed by atoms with Crippen molar-refractivity contribution in [2.24, 2.45) is 0 Å². The molecule has 0 radical (unpaired) electrons. The number of ether oxygens (including phenoxy) is 1. The number of likely N-dealkylation sites (N-methyl/N-ethyl adjacent to an activating group) is 1. The highest BCUT2D eigenvalue weighted by molar-refractivity contribution is 5.78. The molecule has 1 rings (SSSR count). The average molecular weight is 299 g/mol. The molecule has 1 saturated heterocycles. The smallest absolute Gasteiger partial charge is 0.236 e. The van der Waals surface area contributed by atoms with Crippen LogP contribution in [0, 0.1) is 0 Å². The zero-order valence-electron chi connectivity index (χ0n) is 13.7. The molecule has 0 aliphatic carbocycles. The van der Waals surface area contributed by atoms with Crippen molar-refractivity contribution in [3.63, 3.8) is 0 Å². The fraction of sp³-hybridized carbons (Fsp3) is 0.867. The Kier molecular flexibility index (Phi) is 7.67. The molecule has 21 heavy (non-hydrogen) atoms. The standard InChI is InChI=1S/C15H29N3O3/c1-13(2)21-10-9-18(12-19)14-5-7-17(8-6-14)15(20)11-16(3)4/h12-14H,5-11H2,1-4H3. The minimum atomic E-state index is 0.166. The summed E-state index contributed by atoms with van der Waals surface area (Å²) in [5.74, 6) is 0.166. The van der Waals surface area contributed by atoms with Crippen LogP contribution in [0.4, 0.5) is 0 Å². The molecule has 0 spiro atoms. The first-order chi connectivity index (χ1) is 9.93. The number of amides is 2. The van der Waals surface area contributed by atoms with Crippen LogP contribution in [-0.4, -0.2) is 86.0 Å². The lowest BCUT2D eigenvalue weighted by molar-refractivity contribution is -0.134. The predicted octanol–water partition coefficient (Wildman–Crippen LogP) is 0.422. The van der Waals surface area contributed by atoms with Crippen molar-refractivity contribution in [2.75, 3.05) is 46.9 Å². The molecule has 0 aromatic carbocycles. The average Bonchev–Trinajstić information content (AvgIpc) is 2.43. The maximum Gasteiger partial charge on any atom is 0.236 e. The Bertz CT molecular complexity index is 326. The molecule has 2 amide bonds. The lowest BCUT2D eigenvalue weighted by atomic mass is 10.0. The molecule has 1 aliphatic heterocycles. The lowest BCUT2D eigenvalue weighted by Crippen LogP contribution is -2.48. The fourth-order valence-electron chi connectivity index (χ4n) is 2.53. The monoisotopic (exact) mass is 299 g/mol. The third kappa shape index (κ3) is 6.44. The van der Waals surface area contributed by atoms with E-state index >= 15 is 0 Å². The number of carbonyl (C=O) groups excluding carboxylic acids is 2. The van der Waals surface area contributed by atoms with Crippen molar-refractivity contribution in [2.45, 2.75) is 38.8 Å². The maximum absolute atomic E-state index is 12.0. The Balaban J connectivity index is 2.36.